The first-order chi connectivity index (χ1) is 9.25. The lowest BCUT2D eigenvalue weighted by molar-refractivity contribution is 0.0973. The molecule has 0 bridgehead atoms. The number of rotatable bonds is 3. The van der Waals surface area contributed by atoms with Gasteiger partial charge in [-0.25, -0.2) is 4.98 Å². The Morgan fingerprint density at radius 2 is 1.74 bits per heavy atom. The van der Waals surface area contributed by atoms with Gasteiger partial charge in [0.1, 0.15) is 0 Å². The van der Waals surface area contributed by atoms with Crippen molar-refractivity contribution in [3.8, 4) is 0 Å². The number of carbonyl (C=O) groups excluding carboxylic acids is 1. The lowest BCUT2D eigenvalue weighted by Gasteiger charge is -2.05. The first-order valence-corrected chi connectivity index (χ1v) is 6.32. The number of Topliss-reactive ketones (excluding diaryl/α,β-unsaturated/α-hetero) is 1. The van der Waals surface area contributed by atoms with Crippen molar-refractivity contribution >= 4 is 28.4 Å². The maximum Gasteiger partial charge on any atom is 0.204 e. The van der Waals surface area contributed by atoms with E-state index < -0.39 is 0 Å². The highest BCUT2D eigenvalue weighted by Crippen LogP contribution is 2.20. The highest BCUT2D eigenvalue weighted by Gasteiger charge is 2.12. The number of ketones is 1. The molecule has 1 aromatic heterocycles. The van der Waals surface area contributed by atoms with Crippen molar-refractivity contribution in [1.29, 1.82) is 0 Å². The van der Waals surface area contributed by atoms with Crippen LogP contribution in [0.5, 0.6) is 0 Å². The molecule has 0 saturated heterocycles. The van der Waals surface area contributed by atoms with Crippen molar-refractivity contribution in [3.05, 3.63) is 65.4 Å². The predicted molar refractivity (Wildman–Crippen MR) is 75.5 cm³/mol. The van der Waals surface area contributed by atoms with Crippen LogP contribution in [-0.2, 0) is 6.54 Å². The van der Waals surface area contributed by atoms with Gasteiger partial charge in [-0.2, -0.15) is 0 Å². The first-order valence-electron chi connectivity index (χ1n) is 5.95. The molecule has 0 fully saturated rings. The summed E-state index contributed by atoms with van der Waals surface area (Å²) in [4.78, 5) is 16.4. The second-order valence-corrected chi connectivity index (χ2v) is 4.58. The predicted octanol–water partition coefficient (Wildman–Crippen LogP) is 3.57. The number of nitrogens with zero attached hydrogens (tertiary/aromatic N) is 2. The highest BCUT2D eigenvalue weighted by molar-refractivity contribution is 6.29. The molecule has 0 unspecified atom stereocenters. The maximum atomic E-state index is 12.2. The molecule has 0 spiro atoms. The fraction of sp³-hybridized carbons (Fsp3) is 0.0667. The normalized spacial score (nSPS) is 10.8. The van der Waals surface area contributed by atoms with Crippen molar-refractivity contribution < 1.29 is 4.79 Å². The first kappa shape index (κ1) is 11.9. The van der Waals surface area contributed by atoms with Gasteiger partial charge < -0.3 is 4.57 Å². The zero-order valence-corrected chi connectivity index (χ0v) is 10.8. The van der Waals surface area contributed by atoms with Crippen molar-refractivity contribution in [2.24, 2.45) is 0 Å². The third-order valence-electron chi connectivity index (χ3n) is 3.01. The number of para-hydroxylation sites is 2. The van der Waals surface area contributed by atoms with Crippen LogP contribution in [0.2, 0.25) is 5.28 Å². The summed E-state index contributed by atoms with van der Waals surface area (Å²) in [5.41, 5.74) is 2.35. The summed E-state index contributed by atoms with van der Waals surface area (Å²) in [6.07, 6.45) is 0. The Labute approximate surface area is 115 Å². The van der Waals surface area contributed by atoms with Crippen molar-refractivity contribution in [3.63, 3.8) is 0 Å². The fourth-order valence-electron chi connectivity index (χ4n) is 2.06. The van der Waals surface area contributed by atoms with Crippen LogP contribution in [0, 0.1) is 0 Å². The van der Waals surface area contributed by atoms with Crippen LogP contribution in [0.4, 0.5) is 0 Å². The molecule has 2 aromatic carbocycles. The number of benzene rings is 2. The Balaban J connectivity index is 1.98. The Bertz CT molecular complexity index is 734. The molecule has 4 heteroatoms. The molecule has 0 atom stereocenters. The highest BCUT2D eigenvalue weighted by atomic mass is 35.5. The van der Waals surface area contributed by atoms with Gasteiger partial charge in [0, 0.05) is 5.56 Å². The summed E-state index contributed by atoms with van der Waals surface area (Å²) < 4.78 is 1.73. The van der Waals surface area contributed by atoms with E-state index in [1.165, 1.54) is 0 Å². The Kier molecular flexibility index (Phi) is 3.05. The van der Waals surface area contributed by atoms with E-state index in [0.29, 0.717) is 10.8 Å². The minimum atomic E-state index is 0.0191. The fourth-order valence-corrected chi connectivity index (χ4v) is 2.30. The molecule has 0 aliphatic rings. The molecular weight excluding hydrogens is 260 g/mol. The van der Waals surface area contributed by atoms with Crippen LogP contribution >= 0.6 is 11.6 Å². The molecule has 0 saturated carbocycles. The van der Waals surface area contributed by atoms with Crippen molar-refractivity contribution in [2.45, 2.75) is 6.54 Å². The third-order valence-corrected chi connectivity index (χ3v) is 3.29. The minimum Gasteiger partial charge on any atom is -0.307 e. The van der Waals surface area contributed by atoms with Crippen LogP contribution < -0.4 is 0 Å². The van der Waals surface area contributed by atoms with E-state index in [0.717, 1.165) is 11.0 Å². The zero-order chi connectivity index (χ0) is 13.2. The van der Waals surface area contributed by atoms with Gasteiger partial charge in [0.05, 0.1) is 17.6 Å². The van der Waals surface area contributed by atoms with Gasteiger partial charge >= 0.3 is 0 Å². The smallest absolute Gasteiger partial charge is 0.204 e. The van der Waals surface area contributed by atoms with Crippen LogP contribution in [0.3, 0.4) is 0 Å². The summed E-state index contributed by atoms with van der Waals surface area (Å²) >= 11 is 6.10. The molecule has 19 heavy (non-hydrogen) atoms. The van der Waals surface area contributed by atoms with Crippen LogP contribution in [0.25, 0.3) is 11.0 Å². The van der Waals surface area contributed by atoms with Gasteiger partial charge in [-0.3, -0.25) is 4.79 Å². The van der Waals surface area contributed by atoms with E-state index >= 15 is 0 Å². The average Bonchev–Trinajstić information content (AvgIpc) is 2.76. The molecule has 0 N–H and O–H groups in total. The van der Waals surface area contributed by atoms with Gasteiger partial charge in [0.25, 0.3) is 0 Å². The Hall–Kier alpha value is -2.13. The summed E-state index contributed by atoms with van der Waals surface area (Å²) in [7, 11) is 0. The second-order valence-electron chi connectivity index (χ2n) is 4.24. The van der Waals surface area contributed by atoms with Crippen LogP contribution in [0.1, 0.15) is 10.4 Å². The summed E-state index contributed by atoms with van der Waals surface area (Å²) in [6.45, 7) is 0.198. The van der Waals surface area contributed by atoms with Gasteiger partial charge in [-0.1, -0.05) is 42.5 Å². The number of hydrogen-bond donors (Lipinski definition) is 0. The lowest BCUT2D eigenvalue weighted by Crippen LogP contribution is -2.10. The van der Waals surface area contributed by atoms with E-state index in [4.69, 9.17) is 11.6 Å². The van der Waals surface area contributed by atoms with Crippen molar-refractivity contribution in [1.82, 2.24) is 9.55 Å². The zero-order valence-electron chi connectivity index (χ0n) is 10.1. The average molecular weight is 271 g/mol. The Morgan fingerprint density at radius 3 is 2.53 bits per heavy atom. The molecule has 3 aromatic rings. The monoisotopic (exact) mass is 270 g/mol. The van der Waals surface area contributed by atoms with E-state index in [-0.39, 0.29) is 12.3 Å². The standard InChI is InChI=1S/C15H11ClN2O/c16-15-17-12-8-4-5-9-13(12)18(15)10-14(19)11-6-2-1-3-7-11/h1-9H,10H2. The van der Waals surface area contributed by atoms with E-state index in [2.05, 4.69) is 4.98 Å². The molecule has 3 rings (SSSR count). The quantitative estimate of drug-likeness (QED) is 0.682. The molecule has 0 radical (unpaired) electrons. The Morgan fingerprint density at radius 1 is 1.05 bits per heavy atom. The SMILES string of the molecule is O=C(Cn1c(Cl)nc2ccccc21)c1ccccc1. The molecule has 94 valence electrons. The number of carbonyl (C=O) groups is 1. The summed E-state index contributed by atoms with van der Waals surface area (Å²) in [5, 5.41) is 0.338. The van der Waals surface area contributed by atoms with Gasteiger partial charge in [-0.05, 0) is 23.7 Å². The minimum absolute atomic E-state index is 0.0191. The summed E-state index contributed by atoms with van der Waals surface area (Å²) in [6, 6.07) is 16.8. The van der Waals surface area contributed by atoms with Crippen LogP contribution in [-0.4, -0.2) is 15.3 Å². The molecular formula is C15H11ClN2O. The molecule has 0 aliphatic heterocycles. The van der Waals surface area contributed by atoms with Gasteiger partial charge in [0.15, 0.2) is 5.78 Å². The van der Waals surface area contributed by atoms with Crippen molar-refractivity contribution in [2.75, 3.05) is 0 Å². The van der Waals surface area contributed by atoms with Gasteiger partial charge in [-0.15, -0.1) is 0 Å². The van der Waals surface area contributed by atoms with E-state index in [9.17, 15) is 4.79 Å². The molecule has 3 nitrogen and oxygen atoms in total. The number of halogens is 1. The third kappa shape index (κ3) is 2.25. The number of fused-ring (bicyclic) bond motifs is 1. The maximum absolute atomic E-state index is 12.2. The second kappa shape index (κ2) is 4.86. The largest absolute Gasteiger partial charge is 0.307 e. The molecule has 1 heterocycles. The van der Waals surface area contributed by atoms with E-state index in [1.807, 2.05) is 42.5 Å². The lowest BCUT2D eigenvalue weighted by atomic mass is 10.1. The van der Waals surface area contributed by atoms with Crippen LogP contribution in [0.15, 0.2) is 54.6 Å². The number of hydrogen-bond acceptors (Lipinski definition) is 2. The molecule has 0 aliphatic carbocycles. The van der Waals surface area contributed by atoms with E-state index in [1.54, 1.807) is 16.7 Å². The molecule has 0 amide bonds. The summed E-state index contributed by atoms with van der Waals surface area (Å²) in [5.74, 6) is 0.0191. The number of imidazole rings is 1. The van der Waals surface area contributed by atoms with Gasteiger partial charge in [0.2, 0.25) is 5.28 Å². The topological polar surface area (TPSA) is 34.9 Å². The number of aromatic nitrogens is 2.